The van der Waals surface area contributed by atoms with Crippen LogP contribution in [0.1, 0.15) is 68.9 Å². The molecule has 1 aromatic heterocycles. The predicted molar refractivity (Wildman–Crippen MR) is 229 cm³/mol. The Morgan fingerprint density at radius 1 is 1.08 bits per heavy atom. The summed E-state index contributed by atoms with van der Waals surface area (Å²) in [4.78, 5) is 36.1. The van der Waals surface area contributed by atoms with Crippen molar-refractivity contribution in [2.75, 3.05) is 38.2 Å². The highest BCUT2D eigenvalue weighted by Gasteiger charge is 2.98. The lowest BCUT2D eigenvalue weighted by atomic mass is 9.67. The van der Waals surface area contributed by atoms with E-state index in [1.165, 1.54) is 15.6 Å². The second-order valence-electron chi connectivity index (χ2n) is 16.4. The van der Waals surface area contributed by atoms with Crippen LogP contribution in [0.5, 0.6) is 0 Å². The van der Waals surface area contributed by atoms with Crippen molar-refractivity contribution in [3.05, 3.63) is 63.3 Å². The molecule has 5 aliphatic rings. The van der Waals surface area contributed by atoms with Crippen LogP contribution in [-0.2, 0) is 42.0 Å². The maximum Gasteiger partial charge on any atom is 0.538 e. The Labute approximate surface area is 354 Å². The lowest BCUT2D eigenvalue weighted by Gasteiger charge is -2.44. The number of rotatable bonds is 11. The van der Waals surface area contributed by atoms with Gasteiger partial charge in [0, 0.05) is 32.2 Å². The first-order valence-electron chi connectivity index (χ1n) is 20.5. The number of ether oxygens (including phenoxy) is 4. The van der Waals surface area contributed by atoms with Gasteiger partial charge in [0.2, 0.25) is 10.0 Å². The van der Waals surface area contributed by atoms with Gasteiger partial charge in [-0.05, 0) is 73.6 Å². The molecule has 2 saturated carbocycles. The standard InChI is InChI=1S/C42H51N8O8S2/c1-43-39-24-36(40(44-2)17-20-56-42(46-4,57-27-39)41(39,40)45-3)58-38(52)49-31(21-28-13-9-8-10-14-28)33(51)25-50-18-11-6-5-7-12-19-55-26-29-22-32-34(23-35(29)60(50,53)54)59-37(48-32)47-30-15-16-30/h1,4,8-10,13-14,22-23,30-31,33,36,51H,2-3,5-7,11-12,15-21,24-27H2,(H-,47,48,49,52)/q+1/p+1/t31-,33+,36-,39+,40+,41-,42-/m0/s1. The summed E-state index contributed by atoms with van der Waals surface area (Å²) < 4.78 is 56.0. The monoisotopic (exact) mass is 860 g/mol. The summed E-state index contributed by atoms with van der Waals surface area (Å²) in [6.45, 7) is 20.0. The van der Waals surface area contributed by atoms with E-state index in [1.54, 1.807) is 12.1 Å². The average molecular weight is 861 g/mol. The second kappa shape index (κ2) is 16.7. The highest BCUT2D eigenvalue weighted by molar-refractivity contribution is 7.89. The van der Waals surface area contributed by atoms with Crippen LogP contribution in [-0.4, -0.2) is 122 Å². The van der Waals surface area contributed by atoms with E-state index in [0.717, 1.165) is 53.9 Å². The van der Waals surface area contributed by atoms with E-state index in [4.69, 9.17) is 37.1 Å². The molecule has 4 fully saturated rings. The average Bonchev–Trinajstić information content (AvgIpc) is 3.82. The molecule has 0 bridgehead atoms. The van der Waals surface area contributed by atoms with E-state index in [2.05, 4.69) is 43.7 Å². The maximum atomic E-state index is 14.9. The molecule has 2 aliphatic carbocycles. The fourth-order valence-electron chi connectivity index (χ4n) is 9.59. The largest absolute Gasteiger partial charge is 0.538 e. The number of aliphatic hydroxyl groups excluding tert-OH is 1. The van der Waals surface area contributed by atoms with Crippen LogP contribution in [0.3, 0.4) is 0 Å². The van der Waals surface area contributed by atoms with Crippen molar-refractivity contribution in [3.63, 3.8) is 0 Å². The smallest absolute Gasteiger partial charge is 0.443 e. The van der Waals surface area contributed by atoms with Crippen molar-refractivity contribution in [3.8, 4) is 13.1 Å². The lowest BCUT2D eigenvalue weighted by molar-refractivity contribution is -0.244. The molecule has 318 valence electrons. The van der Waals surface area contributed by atoms with Crippen LogP contribution in [0.15, 0.2) is 57.3 Å². The van der Waals surface area contributed by atoms with Gasteiger partial charge >= 0.3 is 23.1 Å². The molecule has 0 radical (unpaired) electrons. The van der Waals surface area contributed by atoms with E-state index in [0.29, 0.717) is 30.1 Å². The summed E-state index contributed by atoms with van der Waals surface area (Å²) in [6, 6.07) is 12.1. The van der Waals surface area contributed by atoms with Crippen molar-refractivity contribution in [2.45, 2.75) is 123 Å². The fraction of sp³-hybridized carbons (Fsp3) is 0.571. The Balaban J connectivity index is 1.09. The van der Waals surface area contributed by atoms with Gasteiger partial charge in [-0.15, -0.1) is 0 Å². The summed E-state index contributed by atoms with van der Waals surface area (Å²) in [5.74, 6) is -1.86. The van der Waals surface area contributed by atoms with Gasteiger partial charge in [0.25, 0.3) is 13.1 Å². The van der Waals surface area contributed by atoms with Gasteiger partial charge in [-0.1, -0.05) is 65.8 Å². The third-order valence-electron chi connectivity index (χ3n) is 12.8. The number of amides is 1. The number of carbonyl (C=O) groups excluding carboxylic acids is 1. The van der Waals surface area contributed by atoms with E-state index in [9.17, 15) is 18.3 Å². The Hall–Kier alpha value is -4.53. The molecule has 0 spiro atoms. The van der Waals surface area contributed by atoms with Crippen LogP contribution in [0.4, 0.5) is 9.93 Å². The minimum atomic E-state index is -4.21. The third kappa shape index (κ3) is 7.15. The number of fused-ring (bicyclic) bond motifs is 2. The number of aromatic nitrogens is 1. The number of aliphatic imine (C=N–C) groups is 2. The van der Waals surface area contributed by atoms with E-state index >= 15 is 0 Å². The molecule has 7 atom stereocenters. The van der Waals surface area contributed by atoms with Gasteiger partial charge in [-0.25, -0.2) is 18.2 Å². The summed E-state index contributed by atoms with van der Waals surface area (Å²) >= 11 is 1.41. The van der Waals surface area contributed by atoms with Gasteiger partial charge in [-0.2, -0.15) is 4.31 Å². The Morgan fingerprint density at radius 3 is 2.60 bits per heavy atom. The number of carbonyl (C=O) groups is 1. The van der Waals surface area contributed by atoms with Gasteiger partial charge in [0.15, 0.2) is 5.13 Å². The number of aliphatic hydroxyl groups is 1. The van der Waals surface area contributed by atoms with Gasteiger partial charge in [0.1, 0.15) is 18.2 Å². The molecule has 3 N–H and O–H groups in total. The highest BCUT2D eigenvalue weighted by atomic mass is 32.2. The maximum absolute atomic E-state index is 14.9. The zero-order valence-electron chi connectivity index (χ0n) is 33.5. The Kier molecular flexibility index (Phi) is 11.8. The molecule has 0 unspecified atom stereocenters. The van der Waals surface area contributed by atoms with Crippen molar-refractivity contribution < 1.29 is 37.3 Å². The van der Waals surface area contributed by atoms with Crippen molar-refractivity contribution in [1.82, 2.24) is 14.6 Å². The molecule has 3 aromatic rings. The SMILES string of the molecule is C#[N+][C@@]12CO[C@@]3([N+]#C)OCC[C@@](N=C)([C@@H](OC(=O)N[C@@H](Cc4ccccc4)[C@H](O)CN4CCCCCCCOCc5cc6nc(NC7CC7)sc6cc5S4(=O)=O)C1)[C@@]23N=C. The molecule has 1 amide bonds. The normalized spacial score (nSPS) is 31.4. The summed E-state index contributed by atoms with van der Waals surface area (Å²) in [5.41, 5.74) is -2.40. The van der Waals surface area contributed by atoms with Gasteiger partial charge < -0.3 is 25.2 Å². The number of sulfonamides is 1. The zero-order chi connectivity index (χ0) is 42.2. The number of β-amino-alcohol motifs (C(OH)–C–C–N with tert-alkyl or cyclic N) is 1. The minimum Gasteiger partial charge on any atom is -0.443 e. The topological polar surface area (TPSA) is 182 Å². The van der Waals surface area contributed by atoms with Crippen molar-refractivity contribution in [1.29, 1.82) is 0 Å². The number of nitrogens with zero attached hydrogens (tertiary/aromatic N) is 6. The molecule has 60 heavy (non-hydrogen) atoms. The Bertz CT molecular complexity index is 2310. The number of anilines is 1. The van der Waals surface area contributed by atoms with Crippen LogP contribution in [0.25, 0.3) is 19.9 Å². The number of alkyl carbamates (subject to hydrolysis) is 1. The van der Waals surface area contributed by atoms with Crippen LogP contribution in [0.2, 0.25) is 0 Å². The first-order valence-corrected chi connectivity index (χ1v) is 22.8. The first-order chi connectivity index (χ1) is 29.0. The quantitative estimate of drug-likeness (QED) is 0.210. The zero-order valence-corrected chi connectivity index (χ0v) is 35.2. The number of hydrogen-bond acceptors (Lipinski definition) is 13. The molecule has 8 rings (SSSR count). The number of thiazole rings is 1. The molecular formula is C42H52N8O8S2+2. The van der Waals surface area contributed by atoms with Crippen molar-refractivity contribution in [2.24, 2.45) is 9.98 Å². The molecular weight excluding hydrogens is 809 g/mol. The van der Waals surface area contributed by atoms with Crippen LogP contribution >= 0.6 is 11.3 Å². The highest BCUT2D eigenvalue weighted by Crippen LogP contribution is 2.67. The summed E-state index contributed by atoms with van der Waals surface area (Å²) in [6.07, 6.45) is 3.28. The van der Waals surface area contributed by atoms with Crippen LogP contribution < -0.4 is 10.6 Å². The molecule has 2 aromatic carbocycles. The lowest BCUT2D eigenvalue weighted by Crippen LogP contribution is -2.72. The molecule has 16 nitrogen and oxygen atoms in total. The third-order valence-corrected chi connectivity index (χ3v) is 15.7. The van der Waals surface area contributed by atoms with E-state index in [1.807, 2.05) is 30.3 Å². The molecule has 4 heterocycles. The summed E-state index contributed by atoms with van der Waals surface area (Å²) in [7, 11) is -4.21. The first kappa shape index (κ1) is 42.2. The molecule has 3 aliphatic heterocycles. The fourth-order valence-corrected chi connectivity index (χ4v) is 12.3. The minimum absolute atomic E-state index is 0.00179. The van der Waals surface area contributed by atoms with Crippen LogP contribution in [0, 0.1) is 13.1 Å². The number of nitrogens with one attached hydrogen (secondary N) is 2. The van der Waals surface area contributed by atoms with Crippen molar-refractivity contribution >= 4 is 56.2 Å². The summed E-state index contributed by atoms with van der Waals surface area (Å²) in [5, 5.41) is 19.2. The van der Waals surface area contributed by atoms with Gasteiger partial charge in [0.05, 0.1) is 46.9 Å². The number of benzene rings is 2. The molecule has 2 saturated heterocycles. The number of hydrogen-bond donors (Lipinski definition) is 3. The second-order valence-corrected chi connectivity index (χ2v) is 19.3. The predicted octanol–water partition coefficient (Wildman–Crippen LogP) is 5.46. The molecule has 18 heteroatoms. The Morgan fingerprint density at radius 2 is 1.87 bits per heavy atom. The van der Waals surface area contributed by atoms with E-state index < -0.39 is 56.9 Å². The van der Waals surface area contributed by atoms with Gasteiger partial charge in [-0.3, -0.25) is 19.5 Å². The van der Waals surface area contributed by atoms with E-state index in [-0.39, 0.29) is 57.1 Å².